The fraction of sp³-hybridized carbons (Fsp3) is 0.111. The third kappa shape index (κ3) is 4.89. The Balaban J connectivity index is 1.39. The number of hydrogen-bond acceptors (Lipinski definition) is 5. The minimum Gasteiger partial charge on any atom is -0.280 e. The third-order valence-electron chi connectivity index (χ3n) is 5.81. The molecule has 0 spiro atoms. The predicted molar refractivity (Wildman–Crippen MR) is 139 cm³/mol. The molecular formula is C27H23N3O3S2. The van der Waals surface area contributed by atoms with Gasteiger partial charge in [0.25, 0.3) is 15.9 Å². The summed E-state index contributed by atoms with van der Waals surface area (Å²) >= 11 is 1.60. The van der Waals surface area contributed by atoms with Gasteiger partial charge in [0.05, 0.1) is 16.6 Å². The molecule has 176 valence electrons. The van der Waals surface area contributed by atoms with E-state index in [-0.39, 0.29) is 16.8 Å². The molecule has 1 N–H and O–H groups in total. The Morgan fingerprint density at radius 2 is 1.66 bits per heavy atom. The lowest BCUT2D eigenvalue weighted by atomic mass is 10.0. The van der Waals surface area contributed by atoms with E-state index in [1.807, 2.05) is 54.8 Å². The second kappa shape index (κ2) is 9.48. The van der Waals surface area contributed by atoms with E-state index in [1.54, 1.807) is 64.9 Å². The van der Waals surface area contributed by atoms with E-state index in [0.29, 0.717) is 17.7 Å². The first kappa shape index (κ1) is 23.0. The van der Waals surface area contributed by atoms with Crippen molar-refractivity contribution in [2.24, 2.45) is 5.10 Å². The second-order valence-electron chi connectivity index (χ2n) is 8.29. The van der Waals surface area contributed by atoms with Crippen LogP contribution in [0.25, 0.3) is 0 Å². The number of benzene rings is 3. The van der Waals surface area contributed by atoms with Crippen LogP contribution in [0.1, 0.15) is 38.8 Å². The summed E-state index contributed by atoms with van der Waals surface area (Å²) in [6, 6.07) is 26.7. The number of aryl methyl sites for hydroxylation is 1. The Hall–Kier alpha value is -3.75. The Bertz CT molecular complexity index is 1460. The van der Waals surface area contributed by atoms with E-state index >= 15 is 0 Å². The Labute approximate surface area is 208 Å². The van der Waals surface area contributed by atoms with Crippen molar-refractivity contribution >= 4 is 38.7 Å². The number of carbonyl (C=O) groups excluding carboxylic acids is 1. The van der Waals surface area contributed by atoms with E-state index in [4.69, 9.17) is 5.10 Å². The van der Waals surface area contributed by atoms with E-state index in [9.17, 15) is 13.2 Å². The molecule has 1 aromatic heterocycles. The Kier molecular flexibility index (Phi) is 6.23. The monoisotopic (exact) mass is 501 g/mol. The maximum atomic E-state index is 13.2. The SMILES string of the molecule is Cc1ccc(S(=O)(=O)Nc2ccc(C3=NN(C(=O)c4ccccc4)C(c4cccs4)C3)cc2)cc1. The van der Waals surface area contributed by atoms with Crippen LogP contribution in [-0.2, 0) is 10.0 Å². The number of nitrogens with zero attached hydrogens (tertiary/aromatic N) is 2. The summed E-state index contributed by atoms with van der Waals surface area (Å²) in [6.07, 6.45) is 0.577. The van der Waals surface area contributed by atoms with Crippen molar-refractivity contribution in [3.8, 4) is 0 Å². The fourth-order valence-electron chi connectivity index (χ4n) is 3.95. The number of nitrogens with one attached hydrogen (secondary N) is 1. The number of hydrogen-bond donors (Lipinski definition) is 1. The molecule has 1 atom stereocenters. The molecule has 2 heterocycles. The maximum absolute atomic E-state index is 13.2. The molecule has 0 bridgehead atoms. The van der Waals surface area contributed by atoms with Gasteiger partial charge in [0.2, 0.25) is 0 Å². The number of rotatable bonds is 6. The molecule has 3 aromatic carbocycles. The molecule has 8 heteroatoms. The standard InChI is InChI=1S/C27H23N3O3S2/c1-19-9-15-23(16-10-19)35(32,33)29-22-13-11-20(12-14-22)24-18-25(26-8-5-17-34-26)30(28-24)27(31)21-6-3-2-4-7-21/h2-17,25,29H,18H2,1H3. The first-order valence-electron chi connectivity index (χ1n) is 11.1. The minimum absolute atomic E-state index is 0.151. The van der Waals surface area contributed by atoms with Crippen LogP contribution in [-0.4, -0.2) is 25.0 Å². The van der Waals surface area contributed by atoms with Gasteiger partial charge in [-0.1, -0.05) is 54.1 Å². The molecule has 4 aromatic rings. The summed E-state index contributed by atoms with van der Waals surface area (Å²) in [4.78, 5) is 14.5. The van der Waals surface area contributed by atoms with E-state index in [0.717, 1.165) is 21.7 Å². The van der Waals surface area contributed by atoms with Gasteiger partial charge in [-0.2, -0.15) is 5.10 Å². The first-order chi connectivity index (χ1) is 16.9. The fourth-order valence-corrected chi connectivity index (χ4v) is 5.82. The summed E-state index contributed by atoms with van der Waals surface area (Å²) in [5, 5.41) is 8.25. The number of anilines is 1. The van der Waals surface area contributed by atoms with Crippen LogP contribution in [0.4, 0.5) is 5.69 Å². The average molecular weight is 502 g/mol. The van der Waals surface area contributed by atoms with Gasteiger partial charge in [-0.05, 0) is 60.3 Å². The van der Waals surface area contributed by atoms with Gasteiger partial charge >= 0.3 is 0 Å². The molecule has 1 aliphatic heterocycles. The van der Waals surface area contributed by atoms with Gasteiger partial charge in [-0.3, -0.25) is 9.52 Å². The van der Waals surface area contributed by atoms with Crippen molar-refractivity contribution < 1.29 is 13.2 Å². The van der Waals surface area contributed by atoms with Crippen LogP contribution in [0.2, 0.25) is 0 Å². The van der Waals surface area contributed by atoms with Crippen LogP contribution in [0.3, 0.4) is 0 Å². The zero-order valence-electron chi connectivity index (χ0n) is 19.0. The van der Waals surface area contributed by atoms with Gasteiger partial charge < -0.3 is 0 Å². The van der Waals surface area contributed by atoms with Crippen molar-refractivity contribution in [2.75, 3.05) is 4.72 Å². The topological polar surface area (TPSA) is 78.8 Å². The number of hydrazone groups is 1. The molecule has 0 aliphatic carbocycles. The van der Waals surface area contributed by atoms with Gasteiger partial charge in [0.1, 0.15) is 0 Å². The van der Waals surface area contributed by atoms with Crippen LogP contribution < -0.4 is 4.72 Å². The van der Waals surface area contributed by atoms with E-state index < -0.39 is 10.0 Å². The normalized spacial score (nSPS) is 15.6. The lowest BCUT2D eigenvalue weighted by Crippen LogP contribution is -2.26. The number of thiophene rings is 1. The molecule has 0 saturated heterocycles. The summed E-state index contributed by atoms with van der Waals surface area (Å²) < 4.78 is 28.0. The van der Waals surface area contributed by atoms with Gasteiger partial charge in [0, 0.05) is 22.5 Å². The molecule has 1 amide bonds. The van der Waals surface area contributed by atoms with Gasteiger partial charge in [0.15, 0.2) is 0 Å². The predicted octanol–water partition coefficient (Wildman–Crippen LogP) is 5.85. The zero-order chi connectivity index (χ0) is 24.4. The van der Waals surface area contributed by atoms with Gasteiger partial charge in [-0.25, -0.2) is 13.4 Å². The highest BCUT2D eigenvalue weighted by atomic mass is 32.2. The van der Waals surface area contributed by atoms with Crippen molar-refractivity contribution in [3.63, 3.8) is 0 Å². The Morgan fingerprint density at radius 3 is 2.31 bits per heavy atom. The van der Waals surface area contributed by atoms with Crippen molar-refractivity contribution in [1.82, 2.24) is 5.01 Å². The number of amides is 1. The Morgan fingerprint density at radius 1 is 0.943 bits per heavy atom. The van der Waals surface area contributed by atoms with Crippen LogP contribution >= 0.6 is 11.3 Å². The van der Waals surface area contributed by atoms with Crippen molar-refractivity contribution in [2.45, 2.75) is 24.3 Å². The molecule has 5 rings (SSSR count). The summed E-state index contributed by atoms with van der Waals surface area (Å²) in [5.41, 5.74) is 3.65. The molecule has 6 nitrogen and oxygen atoms in total. The quantitative estimate of drug-likeness (QED) is 0.360. The highest BCUT2D eigenvalue weighted by Gasteiger charge is 2.34. The molecule has 35 heavy (non-hydrogen) atoms. The lowest BCUT2D eigenvalue weighted by molar-refractivity contribution is 0.0714. The molecular weight excluding hydrogens is 478 g/mol. The summed E-state index contributed by atoms with van der Waals surface area (Å²) in [6.45, 7) is 1.91. The molecule has 1 aliphatic rings. The van der Waals surface area contributed by atoms with E-state index in [1.165, 1.54) is 0 Å². The number of carbonyl (C=O) groups is 1. The zero-order valence-corrected chi connectivity index (χ0v) is 20.6. The second-order valence-corrected chi connectivity index (χ2v) is 11.0. The smallest absolute Gasteiger partial charge is 0.274 e. The summed E-state index contributed by atoms with van der Waals surface area (Å²) in [7, 11) is -3.68. The van der Waals surface area contributed by atoms with E-state index in [2.05, 4.69) is 4.72 Å². The van der Waals surface area contributed by atoms with Gasteiger partial charge in [-0.15, -0.1) is 11.3 Å². The van der Waals surface area contributed by atoms with Crippen LogP contribution in [0, 0.1) is 6.92 Å². The average Bonchev–Trinajstić information content (AvgIpc) is 3.55. The lowest BCUT2D eigenvalue weighted by Gasteiger charge is -2.20. The molecule has 0 fully saturated rings. The van der Waals surface area contributed by atoms with Crippen molar-refractivity contribution in [1.29, 1.82) is 0 Å². The number of sulfonamides is 1. The maximum Gasteiger partial charge on any atom is 0.274 e. The minimum atomic E-state index is -3.68. The molecule has 0 radical (unpaired) electrons. The highest BCUT2D eigenvalue weighted by Crippen LogP contribution is 2.36. The van der Waals surface area contributed by atoms with Crippen LogP contribution in [0.15, 0.2) is 106 Å². The summed E-state index contributed by atoms with van der Waals surface area (Å²) in [5.74, 6) is -0.151. The van der Waals surface area contributed by atoms with Crippen molar-refractivity contribution in [3.05, 3.63) is 118 Å². The third-order valence-corrected chi connectivity index (χ3v) is 8.18. The first-order valence-corrected chi connectivity index (χ1v) is 13.5. The van der Waals surface area contributed by atoms with Crippen LogP contribution in [0.5, 0.6) is 0 Å². The molecule has 1 unspecified atom stereocenters. The molecule has 0 saturated carbocycles. The largest absolute Gasteiger partial charge is 0.280 e. The highest BCUT2D eigenvalue weighted by molar-refractivity contribution is 7.92.